The summed E-state index contributed by atoms with van der Waals surface area (Å²) in [6, 6.07) is 6.85. The van der Waals surface area contributed by atoms with Crippen molar-refractivity contribution in [1.29, 1.82) is 0 Å². The zero-order valence-corrected chi connectivity index (χ0v) is 12.1. The topological polar surface area (TPSA) is 23.5 Å². The Morgan fingerprint density at radius 1 is 1.53 bits per heavy atom. The molecule has 1 aromatic carbocycles. The van der Waals surface area contributed by atoms with Crippen molar-refractivity contribution in [3.63, 3.8) is 0 Å². The van der Waals surface area contributed by atoms with Crippen molar-refractivity contribution in [2.45, 2.75) is 45.3 Å². The van der Waals surface area contributed by atoms with Gasteiger partial charge in [-0.3, -0.25) is 0 Å². The molecule has 17 heavy (non-hydrogen) atoms. The molecule has 2 nitrogen and oxygen atoms in total. The monoisotopic (exact) mass is 297 g/mol. The van der Waals surface area contributed by atoms with Crippen LogP contribution in [0.5, 0.6) is 0 Å². The molecule has 0 bridgehead atoms. The molecule has 1 saturated heterocycles. The Morgan fingerprint density at radius 2 is 2.29 bits per heavy atom. The minimum absolute atomic E-state index is 0.416. The fraction of sp³-hybridized carbons (Fsp3) is 0.571. The Balaban J connectivity index is 2.37. The Bertz CT molecular complexity index is 392. The van der Waals surface area contributed by atoms with Gasteiger partial charge in [0.1, 0.15) is 0 Å². The van der Waals surface area contributed by atoms with E-state index < -0.39 is 6.10 Å². The summed E-state index contributed by atoms with van der Waals surface area (Å²) in [5.74, 6) is 0. The van der Waals surface area contributed by atoms with Gasteiger partial charge in [0.05, 0.1) is 6.10 Å². The number of rotatable bonds is 3. The summed E-state index contributed by atoms with van der Waals surface area (Å²) in [5.41, 5.74) is 2.23. The van der Waals surface area contributed by atoms with Gasteiger partial charge in [-0.1, -0.05) is 22.9 Å². The van der Waals surface area contributed by atoms with Crippen molar-refractivity contribution in [3.8, 4) is 0 Å². The molecule has 2 unspecified atom stereocenters. The standard InChI is InChI=1S/C14H20BrNO/c1-3-12-5-4-8-16(12)14-7-6-11(15)9-13(14)10(2)17/h6-7,9-10,12,17H,3-5,8H2,1-2H3. The Labute approximate surface area is 112 Å². The second kappa shape index (κ2) is 5.40. The third kappa shape index (κ3) is 2.66. The van der Waals surface area contributed by atoms with Gasteiger partial charge < -0.3 is 10.0 Å². The number of hydrogen-bond donors (Lipinski definition) is 1. The van der Waals surface area contributed by atoms with Gasteiger partial charge in [0.25, 0.3) is 0 Å². The van der Waals surface area contributed by atoms with Crippen LogP contribution in [0.2, 0.25) is 0 Å². The first-order chi connectivity index (χ1) is 8.13. The van der Waals surface area contributed by atoms with Crippen LogP contribution in [-0.4, -0.2) is 17.7 Å². The first-order valence-corrected chi connectivity index (χ1v) is 7.17. The number of aliphatic hydroxyl groups is 1. The molecular formula is C14H20BrNO. The van der Waals surface area contributed by atoms with Crippen LogP contribution < -0.4 is 4.90 Å². The summed E-state index contributed by atoms with van der Waals surface area (Å²) in [4.78, 5) is 2.45. The average Bonchev–Trinajstić information content (AvgIpc) is 2.76. The second-order valence-electron chi connectivity index (χ2n) is 4.78. The summed E-state index contributed by atoms with van der Waals surface area (Å²) < 4.78 is 1.03. The molecule has 1 aliphatic heterocycles. The van der Waals surface area contributed by atoms with E-state index in [1.807, 2.05) is 13.0 Å². The van der Waals surface area contributed by atoms with Gasteiger partial charge in [-0.15, -0.1) is 0 Å². The summed E-state index contributed by atoms with van der Waals surface area (Å²) in [5, 5.41) is 9.90. The van der Waals surface area contributed by atoms with Crippen LogP contribution in [0.4, 0.5) is 5.69 Å². The largest absolute Gasteiger partial charge is 0.389 e. The molecule has 1 fully saturated rings. The number of halogens is 1. The molecule has 0 aliphatic carbocycles. The maximum atomic E-state index is 9.90. The fourth-order valence-electron chi connectivity index (χ4n) is 2.70. The fourth-order valence-corrected chi connectivity index (χ4v) is 3.08. The number of anilines is 1. The minimum Gasteiger partial charge on any atom is -0.389 e. The molecular weight excluding hydrogens is 278 g/mol. The SMILES string of the molecule is CCC1CCCN1c1ccc(Br)cc1C(C)O. The van der Waals surface area contributed by atoms with Gasteiger partial charge in [0, 0.05) is 28.3 Å². The van der Waals surface area contributed by atoms with Crippen LogP contribution in [0.1, 0.15) is 44.8 Å². The van der Waals surface area contributed by atoms with Gasteiger partial charge in [0.15, 0.2) is 0 Å². The highest BCUT2D eigenvalue weighted by Crippen LogP contribution is 2.34. The smallest absolute Gasteiger partial charge is 0.0782 e. The molecule has 0 spiro atoms. The minimum atomic E-state index is -0.416. The second-order valence-corrected chi connectivity index (χ2v) is 5.69. The van der Waals surface area contributed by atoms with Crippen LogP contribution >= 0.6 is 15.9 Å². The van der Waals surface area contributed by atoms with Crippen LogP contribution in [0, 0.1) is 0 Å². The third-order valence-electron chi connectivity index (χ3n) is 3.60. The molecule has 0 aromatic heterocycles. The van der Waals surface area contributed by atoms with Crippen LogP contribution in [-0.2, 0) is 0 Å². The van der Waals surface area contributed by atoms with E-state index in [9.17, 15) is 5.11 Å². The highest BCUT2D eigenvalue weighted by molar-refractivity contribution is 9.10. The average molecular weight is 298 g/mol. The van der Waals surface area contributed by atoms with E-state index in [1.54, 1.807) is 0 Å². The van der Waals surface area contributed by atoms with Crippen molar-refractivity contribution >= 4 is 21.6 Å². The molecule has 0 radical (unpaired) electrons. The van der Waals surface area contributed by atoms with E-state index in [0.29, 0.717) is 6.04 Å². The molecule has 2 rings (SSSR count). The van der Waals surface area contributed by atoms with Crippen LogP contribution in [0.3, 0.4) is 0 Å². The quantitative estimate of drug-likeness (QED) is 0.915. The predicted octanol–water partition coefficient (Wildman–Crippen LogP) is 3.88. The molecule has 0 saturated carbocycles. The van der Waals surface area contributed by atoms with Gasteiger partial charge in [-0.2, -0.15) is 0 Å². The Kier molecular flexibility index (Phi) is 4.10. The van der Waals surface area contributed by atoms with Crippen molar-refractivity contribution in [2.75, 3.05) is 11.4 Å². The van der Waals surface area contributed by atoms with E-state index in [0.717, 1.165) is 16.6 Å². The zero-order valence-electron chi connectivity index (χ0n) is 10.5. The number of aliphatic hydroxyl groups excluding tert-OH is 1. The highest BCUT2D eigenvalue weighted by atomic mass is 79.9. The molecule has 1 aromatic rings. The Hall–Kier alpha value is -0.540. The number of benzene rings is 1. The lowest BCUT2D eigenvalue weighted by Crippen LogP contribution is -2.29. The van der Waals surface area contributed by atoms with Crippen molar-refractivity contribution in [1.82, 2.24) is 0 Å². The van der Waals surface area contributed by atoms with E-state index in [-0.39, 0.29) is 0 Å². The van der Waals surface area contributed by atoms with Gasteiger partial charge in [-0.25, -0.2) is 0 Å². The highest BCUT2D eigenvalue weighted by Gasteiger charge is 2.25. The summed E-state index contributed by atoms with van der Waals surface area (Å²) in [6.07, 6.45) is 3.29. The maximum absolute atomic E-state index is 9.90. The maximum Gasteiger partial charge on any atom is 0.0782 e. The van der Waals surface area contributed by atoms with Gasteiger partial charge >= 0.3 is 0 Å². The van der Waals surface area contributed by atoms with E-state index in [1.165, 1.54) is 24.9 Å². The molecule has 1 aliphatic rings. The predicted molar refractivity (Wildman–Crippen MR) is 75.4 cm³/mol. The lowest BCUT2D eigenvalue weighted by molar-refractivity contribution is 0.199. The van der Waals surface area contributed by atoms with E-state index >= 15 is 0 Å². The van der Waals surface area contributed by atoms with Gasteiger partial charge in [0.2, 0.25) is 0 Å². The summed E-state index contributed by atoms with van der Waals surface area (Å²) in [7, 11) is 0. The first kappa shape index (κ1) is 12.9. The van der Waals surface area contributed by atoms with E-state index in [4.69, 9.17) is 0 Å². The van der Waals surface area contributed by atoms with Crippen molar-refractivity contribution in [2.24, 2.45) is 0 Å². The zero-order chi connectivity index (χ0) is 12.4. The normalized spacial score (nSPS) is 21.9. The molecule has 94 valence electrons. The number of hydrogen-bond acceptors (Lipinski definition) is 2. The van der Waals surface area contributed by atoms with Crippen LogP contribution in [0.15, 0.2) is 22.7 Å². The van der Waals surface area contributed by atoms with E-state index in [2.05, 4.69) is 39.9 Å². The summed E-state index contributed by atoms with van der Waals surface area (Å²) in [6.45, 7) is 5.19. The molecule has 2 atom stereocenters. The molecule has 3 heteroatoms. The Morgan fingerprint density at radius 3 is 2.94 bits per heavy atom. The lowest BCUT2D eigenvalue weighted by Gasteiger charge is -2.29. The third-order valence-corrected chi connectivity index (χ3v) is 4.09. The molecule has 1 heterocycles. The first-order valence-electron chi connectivity index (χ1n) is 6.37. The van der Waals surface area contributed by atoms with Crippen LogP contribution in [0.25, 0.3) is 0 Å². The number of nitrogens with zero attached hydrogens (tertiary/aromatic N) is 1. The van der Waals surface area contributed by atoms with Gasteiger partial charge in [-0.05, 0) is 44.4 Å². The van der Waals surface area contributed by atoms with Crippen molar-refractivity contribution in [3.05, 3.63) is 28.2 Å². The molecule has 1 N–H and O–H groups in total. The lowest BCUT2D eigenvalue weighted by atomic mass is 10.1. The molecule has 0 amide bonds. The summed E-state index contributed by atoms with van der Waals surface area (Å²) >= 11 is 3.48. The van der Waals surface area contributed by atoms with Crippen molar-refractivity contribution < 1.29 is 5.11 Å².